The second kappa shape index (κ2) is 9.78. The van der Waals surface area contributed by atoms with Gasteiger partial charge in [0.15, 0.2) is 10.8 Å². The van der Waals surface area contributed by atoms with Gasteiger partial charge in [-0.15, -0.1) is 23.1 Å². The lowest BCUT2D eigenvalue weighted by molar-refractivity contribution is -0.146. The number of thiazole rings is 1. The highest BCUT2D eigenvalue weighted by Gasteiger charge is 2.53. The summed E-state index contributed by atoms with van der Waals surface area (Å²) >= 11 is 6.31. The number of carbonyl (C=O) groups excluding carboxylic acids is 3. The predicted octanol–water partition coefficient (Wildman–Crippen LogP) is -0.657. The van der Waals surface area contributed by atoms with Gasteiger partial charge in [-0.25, -0.2) is 18.1 Å². The standard InChI is InChI=1S/C16H20N6O6S4/c1-32(27,28)18-4-2-3-7-5-30-14-10(13(24)22(14)11(7)15(25)29)20-12(23)9(21-26)8-6-31-16(17)19-8/h6,10,14,18,26H,2-5H2,1H3,(H2,17,19)(H,20,23)(H,25,29)/b21-9-/t10?,14-/m1/s1. The number of nitrogens with zero attached hydrogens (tertiary/aromatic N) is 3. The van der Waals surface area contributed by atoms with E-state index in [1.165, 1.54) is 22.0 Å². The van der Waals surface area contributed by atoms with Crippen LogP contribution in [0.25, 0.3) is 0 Å². The van der Waals surface area contributed by atoms with Crippen LogP contribution < -0.4 is 15.8 Å². The molecule has 3 rings (SSSR count). The number of sulfonamides is 1. The largest absolute Gasteiger partial charge is 0.410 e. The van der Waals surface area contributed by atoms with Crippen molar-refractivity contribution in [3.8, 4) is 0 Å². The van der Waals surface area contributed by atoms with E-state index in [0.29, 0.717) is 24.2 Å². The number of hydrogen-bond donors (Lipinski definition) is 5. The Kier molecular flexibility index (Phi) is 7.49. The number of hydrogen-bond acceptors (Lipinski definition) is 11. The number of aromatic nitrogens is 1. The zero-order valence-corrected chi connectivity index (χ0v) is 20.0. The smallest absolute Gasteiger partial charge is 0.276 e. The van der Waals surface area contributed by atoms with Crippen molar-refractivity contribution in [1.82, 2.24) is 19.9 Å². The van der Waals surface area contributed by atoms with Gasteiger partial charge in [-0.1, -0.05) is 17.8 Å². The van der Waals surface area contributed by atoms with Crippen molar-refractivity contribution in [3.05, 3.63) is 22.3 Å². The first-order valence-corrected chi connectivity index (χ1v) is 13.4. The van der Waals surface area contributed by atoms with E-state index in [0.717, 1.165) is 17.6 Å². The average molecular weight is 521 g/mol. The van der Waals surface area contributed by atoms with E-state index in [1.807, 2.05) is 0 Å². The van der Waals surface area contributed by atoms with E-state index in [4.69, 9.17) is 5.73 Å². The fourth-order valence-corrected chi connectivity index (χ4v) is 5.97. The second-order valence-corrected chi connectivity index (χ2v) is 11.1. The van der Waals surface area contributed by atoms with Crippen LogP contribution in [0.1, 0.15) is 18.5 Å². The van der Waals surface area contributed by atoms with Gasteiger partial charge in [0, 0.05) is 17.7 Å². The van der Waals surface area contributed by atoms with E-state index in [9.17, 15) is 28.0 Å². The normalized spacial score (nSPS) is 21.2. The van der Waals surface area contributed by atoms with Crippen molar-refractivity contribution < 1.29 is 28.0 Å². The van der Waals surface area contributed by atoms with Crippen LogP contribution in [0.4, 0.5) is 5.13 Å². The maximum absolute atomic E-state index is 12.8. The van der Waals surface area contributed by atoms with Gasteiger partial charge in [-0.3, -0.25) is 19.3 Å². The van der Waals surface area contributed by atoms with Crippen molar-refractivity contribution in [2.24, 2.45) is 5.16 Å². The third-order valence-electron chi connectivity index (χ3n) is 4.64. The summed E-state index contributed by atoms with van der Waals surface area (Å²) in [6.45, 7) is 0.196. The topological polar surface area (TPSA) is 184 Å². The third-order valence-corrected chi connectivity index (χ3v) is 7.59. The highest BCUT2D eigenvalue weighted by molar-refractivity contribution is 8.00. The summed E-state index contributed by atoms with van der Waals surface area (Å²) in [6.07, 6.45) is 1.89. The highest BCUT2D eigenvalue weighted by Crippen LogP contribution is 2.42. The van der Waals surface area contributed by atoms with Crippen LogP contribution in [0.2, 0.25) is 0 Å². The molecular formula is C16H20N6O6S4. The SMILES string of the molecule is CS(=O)(=O)NCCCC1=C(C(=O)S)N2C(=O)C(NC(=O)/C(=N\O)c3csc(N)n3)[C@H]2SC1. The molecule has 12 nitrogen and oxygen atoms in total. The number of thiol groups is 1. The molecule has 3 heterocycles. The molecule has 2 atom stereocenters. The van der Waals surface area contributed by atoms with Crippen molar-refractivity contribution in [1.29, 1.82) is 0 Å². The van der Waals surface area contributed by atoms with Crippen LogP contribution in [0.15, 0.2) is 21.8 Å². The number of oxime groups is 1. The van der Waals surface area contributed by atoms with Gasteiger partial charge >= 0.3 is 0 Å². The number of β-lactam (4-membered cyclic amide) rings is 1. The molecule has 2 aliphatic heterocycles. The molecule has 5 N–H and O–H groups in total. The van der Waals surface area contributed by atoms with Gasteiger partial charge < -0.3 is 16.3 Å². The van der Waals surface area contributed by atoms with Gasteiger partial charge in [-0.2, -0.15) is 0 Å². The number of amides is 2. The minimum Gasteiger partial charge on any atom is -0.410 e. The molecule has 2 amide bonds. The molecule has 0 saturated carbocycles. The summed E-state index contributed by atoms with van der Waals surface area (Å²) in [5.74, 6) is -0.906. The average Bonchev–Trinajstić information content (AvgIpc) is 3.14. The number of anilines is 1. The molecule has 1 aromatic heterocycles. The lowest BCUT2D eigenvalue weighted by Gasteiger charge is -2.50. The number of nitrogen functional groups attached to an aromatic ring is 1. The zero-order valence-electron chi connectivity index (χ0n) is 16.6. The number of nitrogens with one attached hydrogen (secondary N) is 2. The molecule has 16 heteroatoms. The second-order valence-electron chi connectivity index (χ2n) is 6.91. The Balaban J connectivity index is 1.69. The Labute approximate surface area is 197 Å². The quantitative estimate of drug-likeness (QED) is 0.0704. The zero-order chi connectivity index (χ0) is 23.6. The number of fused-ring (bicyclic) bond motifs is 1. The molecule has 0 aromatic carbocycles. The Morgan fingerprint density at radius 1 is 1.47 bits per heavy atom. The summed E-state index contributed by atoms with van der Waals surface area (Å²) < 4.78 is 24.7. The highest BCUT2D eigenvalue weighted by atomic mass is 32.2. The lowest BCUT2D eigenvalue weighted by atomic mass is 10.0. The Morgan fingerprint density at radius 3 is 2.75 bits per heavy atom. The van der Waals surface area contributed by atoms with E-state index in [2.05, 4.69) is 32.8 Å². The molecule has 2 aliphatic rings. The van der Waals surface area contributed by atoms with Crippen LogP contribution in [-0.2, 0) is 24.4 Å². The van der Waals surface area contributed by atoms with Gasteiger partial charge in [-0.05, 0) is 18.4 Å². The van der Waals surface area contributed by atoms with Crippen LogP contribution in [-0.4, -0.2) is 76.1 Å². The summed E-state index contributed by atoms with van der Waals surface area (Å²) in [5.41, 5.74) is 6.05. The Bertz CT molecular complexity index is 1110. The first kappa shape index (κ1) is 24.5. The molecule has 32 heavy (non-hydrogen) atoms. The van der Waals surface area contributed by atoms with Gasteiger partial charge in [0.1, 0.15) is 17.1 Å². The van der Waals surface area contributed by atoms with Crippen molar-refractivity contribution in [3.63, 3.8) is 0 Å². The third kappa shape index (κ3) is 5.25. The molecule has 1 unspecified atom stereocenters. The van der Waals surface area contributed by atoms with Crippen LogP contribution in [0, 0.1) is 0 Å². The molecule has 1 aromatic rings. The molecule has 0 radical (unpaired) electrons. The van der Waals surface area contributed by atoms with Crippen LogP contribution in [0.5, 0.6) is 0 Å². The molecule has 1 fully saturated rings. The Hall–Kier alpha value is -2.14. The molecule has 174 valence electrons. The molecule has 0 bridgehead atoms. The monoisotopic (exact) mass is 520 g/mol. The summed E-state index contributed by atoms with van der Waals surface area (Å²) in [5, 5.41) is 15.2. The van der Waals surface area contributed by atoms with E-state index >= 15 is 0 Å². The summed E-state index contributed by atoms with van der Waals surface area (Å²) in [6, 6.07) is -0.934. The molecule has 0 aliphatic carbocycles. The van der Waals surface area contributed by atoms with Gasteiger partial charge in [0.05, 0.1) is 12.0 Å². The van der Waals surface area contributed by atoms with E-state index in [-0.39, 0.29) is 28.8 Å². The predicted molar refractivity (Wildman–Crippen MR) is 123 cm³/mol. The minimum atomic E-state index is -3.32. The number of thioether (sulfide) groups is 1. The lowest BCUT2D eigenvalue weighted by Crippen LogP contribution is -2.70. The summed E-state index contributed by atoms with van der Waals surface area (Å²) in [7, 11) is -3.32. The molecular weight excluding hydrogens is 500 g/mol. The fraction of sp³-hybridized carbons (Fsp3) is 0.438. The first-order valence-electron chi connectivity index (χ1n) is 9.12. The fourth-order valence-electron chi connectivity index (χ4n) is 3.25. The van der Waals surface area contributed by atoms with Crippen LogP contribution >= 0.6 is 35.7 Å². The minimum absolute atomic E-state index is 0.0727. The van der Waals surface area contributed by atoms with E-state index in [1.54, 1.807) is 0 Å². The number of rotatable bonds is 9. The number of nitrogens with two attached hydrogens (primary N) is 1. The van der Waals surface area contributed by atoms with E-state index < -0.39 is 38.4 Å². The maximum Gasteiger partial charge on any atom is 0.276 e. The molecule has 0 spiro atoms. The number of carbonyl (C=O) groups is 3. The van der Waals surface area contributed by atoms with Crippen molar-refractivity contribution in [2.45, 2.75) is 24.3 Å². The first-order chi connectivity index (χ1) is 15.0. The molecule has 1 saturated heterocycles. The van der Waals surface area contributed by atoms with Gasteiger partial charge in [0.2, 0.25) is 15.1 Å². The maximum atomic E-state index is 12.8. The summed E-state index contributed by atoms with van der Waals surface area (Å²) in [4.78, 5) is 42.6. The van der Waals surface area contributed by atoms with Crippen LogP contribution in [0.3, 0.4) is 0 Å². The van der Waals surface area contributed by atoms with Crippen molar-refractivity contribution in [2.75, 3.05) is 24.3 Å². The van der Waals surface area contributed by atoms with Crippen molar-refractivity contribution >= 4 is 73.5 Å². The Morgan fingerprint density at radius 2 is 2.19 bits per heavy atom. The van der Waals surface area contributed by atoms with Gasteiger partial charge in [0.25, 0.3) is 11.8 Å².